The Morgan fingerprint density at radius 3 is 3.14 bits per heavy atom. The maximum absolute atomic E-state index is 9.19. The summed E-state index contributed by atoms with van der Waals surface area (Å²) in [6.45, 7) is 1.21. The van der Waals surface area contributed by atoms with Crippen LogP contribution in [0.2, 0.25) is 0 Å². The third-order valence-corrected chi connectivity index (χ3v) is 3.02. The van der Waals surface area contributed by atoms with E-state index in [-0.39, 0.29) is 12.6 Å². The molecule has 0 radical (unpaired) electrons. The maximum atomic E-state index is 9.19. The summed E-state index contributed by atoms with van der Waals surface area (Å²) in [6, 6.07) is 6.11. The van der Waals surface area contributed by atoms with Crippen molar-refractivity contribution in [2.45, 2.75) is 18.9 Å². The molecule has 0 bridgehead atoms. The highest BCUT2D eigenvalue weighted by molar-refractivity contribution is 9.10. The largest absolute Gasteiger partial charge is 0.394 e. The highest BCUT2D eigenvalue weighted by Crippen LogP contribution is 2.24. The lowest BCUT2D eigenvalue weighted by molar-refractivity contribution is 0.266. The molecule has 0 amide bonds. The molecule has 1 atom stereocenters. The topological polar surface area (TPSA) is 36.4 Å². The van der Waals surface area contributed by atoms with Crippen molar-refractivity contribution in [3.63, 3.8) is 0 Å². The van der Waals surface area contributed by atoms with Crippen LogP contribution in [-0.4, -0.2) is 29.3 Å². The molecule has 1 aliphatic heterocycles. The van der Waals surface area contributed by atoms with E-state index in [9.17, 15) is 5.11 Å². The molecule has 1 aromatic rings. The lowest BCUT2D eigenvalue weighted by Crippen LogP contribution is -2.32. The van der Waals surface area contributed by atoms with Gasteiger partial charge in [-0.25, -0.2) is 4.98 Å². The van der Waals surface area contributed by atoms with E-state index in [4.69, 9.17) is 0 Å². The normalized spacial score (nSPS) is 21.6. The van der Waals surface area contributed by atoms with Gasteiger partial charge in [-0.3, -0.25) is 0 Å². The quantitative estimate of drug-likeness (QED) is 0.821. The first-order valence-corrected chi connectivity index (χ1v) is 5.60. The van der Waals surface area contributed by atoms with Crippen molar-refractivity contribution in [1.29, 1.82) is 0 Å². The van der Waals surface area contributed by atoms with Gasteiger partial charge in [0, 0.05) is 6.54 Å². The van der Waals surface area contributed by atoms with Crippen LogP contribution in [0, 0.1) is 0 Å². The minimum atomic E-state index is 0.216. The fourth-order valence-corrected chi connectivity index (χ4v) is 2.22. The summed E-state index contributed by atoms with van der Waals surface area (Å²) in [5.74, 6) is 0.955. The van der Waals surface area contributed by atoms with Crippen LogP contribution in [-0.2, 0) is 0 Å². The average molecular weight is 257 g/mol. The summed E-state index contributed by atoms with van der Waals surface area (Å²) in [5.41, 5.74) is 0. The Labute approximate surface area is 91.9 Å². The second-order valence-corrected chi connectivity index (χ2v) is 4.30. The van der Waals surface area contributed by atoms with Gasteiger partial charge in [0.2, 0.25) is 0 Å². The predicted octanol–water partition coefficient (Wildman–Crippen LogP) is 1.81. The number of aliphatic hydroxyl groups is 1. The second-order valence-electron chi connectivity index (χ2n) is 3.49. The molecule has 14 heavy (non-hydrogen) atoms. The lowest BCUT2D eigenvalue weighted by Gasteiger charge is -2.23. The first-order valence-electron chi connectivity index (χ1n) is 4.81. The number of halogens is 1. The number of aliphatic hydroxyl groups excluding tert-OH is 1. The molecule has 1 N–H and O–H groups in total. The van der Waals surface area contributed by atoms with Crippen LogP contribution < -0.4 is 4.90 Å². The molecular formula is C10H13BrN2O. The Morgan fingerprint density at radius 1 is 1.57 bits per heavy atom. The van der Waals surface area contributed by atoms with Crippen molar-refractivity contribution in [3.05, 3.63) is 22.8 Å². The molecule has 3 nitrogen and oxygen atoms in total. The van der Waals surface area contributed by atoms with Gasteiger partial charge in [-0.15, -0.1) is 0 Å². The fourth-order valence-electron chi connectivity index (χ4n) is 1.88. The first kappa shape index (κ1) is 9.93. The van der Waals surface area contributed by atoms with E-state index < -0.39 is 0 Å². The number of pyridine rings is 1. The second kappa shape index (κ2) is 4.28. The van der Waals surface area contributed by atoms with Crippen molar-refractivity contribution >= 4 is 21.7 Å². The van der Waals surface area contributed by atoms with Crippen LogP contribution >= 0.6 is 15.9 Å². The minimum absolute atomic E-state index is 0.216. The van der Waals surface area contributed by atoms with Crippen LogP contribution in [0.4, 0.5) is 5.82 Å². The number of hydrogen-bond acceptors (Lipinski definition) is 3. The Hall–Kier alpha value is -0.610. The van der Waals surface area contributed by atoms with E-state index in [2.05, 4.69) is 25.8 Å². The number of hydrogen-bond donors (Lipinski definition) is 1. The number of anilines is 1. The van der Waals surface area contributed by atoms with Gasteiger partial charge in [-0.1, -0.05) is 6.07 Å². The zero-order valence-corrected chi connectivity index (χ0v) is 9.44. The van der Waals surface area contributed by atoms with E-state index in [1.165, 1.54) is 0 Å². The fraction of sp³-hybridized carbons (Fsp3) is 0.500. The van der Waals surface area contributed by atoms with Gasteiger partial charge in [-0.2, -0.15) is 0 Å². The van der Waals surface area contributed by atoms with E-state index in [0.717, 1.165) is 29.8 Å². The molecule has 0 aliphatic carbocycles. The van der Waals surface area contributed by atoms with Gasteiger partial charge in [-0.05, 0) is 40.9 Å². The van der Waals surface area contributed by atoms with Crippen molar-refractivity contribution in [3.8, 4) is 0 Å². The summed E-state index contributed by atoms with van der Waals surface area (Å²) in [5, 5.41) is 9.19. The molecular weight excluding hydrogens is 244 g/mol. The van der Waals surface area contributed by atoms with Crippen LogP contribution in [0.3, 0.4) is 0 Å². The molecule has 0 unspecified atom stereocenters. The zero-order valence-electron chi connectivity index (χ0n) is 7.86. The molecule has 76 valence electrons. The standard InChI is InChI=1S/C10H13BrN2O/c11-9-4-1-5-10(12-9)13-6-2-3-8(13)7-14/h1,4-5,8,14H,2-3,6-7H2/t8-/m1/s1. The van der Waals surface area contributed by atoms with Gasteiger partial charge >= 0.3 is 0 Å². The zero-order chi connectivity index (χ0) is 9.97. The molecule has 1 aromatic heterocycles. The van der Waals surface area contributed by atoms with Crippen molar-refractivity contribution in [2.24, 2.45) is 0 Å². The van der Waals surface area contributed by atoms with Crippen LogP contribution in [0.25, 0.3) is 0 Å². The molecule has 4 heteroatoms. The number of nitrogens with zero attached hydrogens (tertiary/aromatic N) is 2. The Morgan fingerprint density at radius 2 is 2.43 bits per heavy atom. The van der Waals surface area contributed by atoms with Crippen LogP contribution in [0.5, 0.6) is 0 Å². The van der Waals surface area contributed by atoms with Gasteiger partial charge in [0.1, 0.15) is 10.4 Å². The van der Waals surface area contributed by atoms with Crippen LogP contribution in [0.15, 0.2) is 22.8 Å². The first-order chi connectivity index (χ1) is 6.81. The third kappa shape index (κ3) is 1.91. The number of rotatable bonds is 2. The van der Waals surface area contributed by atoms with E-state index in [1.54, 1.807) is 0 Å². The van der Waals surface area contributed by atoms with Crippen molar-refractivity contribution < 1.29 is 5.11 Å². The van der Waals surface area contributed by atoms with E-state index >= 15 is 0 Å². The van der Waals surface area contributed by atoms with E-state index in [1.807, 2.05) is 18.2 Å². The Kier molecular flexibility index (Phi) is 3.03. The monoisotopic (exact) mass is 256 g/mol. The summed E-state index contributed by atoms with van der Waals surface area (Å²) in [6.07, 6.45) is 2.20. The highest BCUT2D eigenvalue weighted by Gasteiger charge is 2.24. The lowest BCUT2D eigenvalue weighted by atomic mass is 10.2. The van der Waals surface area contributed by atoms with Crippen LogP contribution in [0.1, 0.15) is 12.8 Å². The highest BCUT2D eigenvalue weighted by atomic mass is 79.9. The smallest absolute Gasteiger partial charge is 0.130 e. The predicted molar refractivity (Wildman–Crippen MR) is 59.4 cm³/mol. The summed E-state index contributed by atoms with van der Waals surface area (Å²) >= 11 is 3.35. The Balaban J connectivity index is 2.21. The molecule has 1 aliphatic rings. The summed E-state index contributed by atoms with van der Waals surface area (Å²) < 4.78 is 0.846. The molecule has 0 aromatic carbocycles. The number of aromatic nitrogens is 1. The molecule has 0 spiro atoms. The summed E-state index contributed by atoms with van der Waals surface area (Å²) in [4.78, 5) is 6.56. The molecule has 1 fully saturated rings. The Bertz CT molecular complexity index is 319. The van der Waals surface area contributed by atoms with E-state index in [0.29, 0.717) is 0 Å². The average Bonchev–Trinajstić information content (AvgIpc) is 2.65. The van der Waals surface area contributed by atoms with Gasteiger partial charge in [0.15, 0.2) is 0 Å². The SMILES string of the molecule is OC[C@H]1CCCN1c1cccc(Br)n1. The molecule has 0 saturated carbocycles. The minimum Gasteiger partial charge on any atom is -0.394 e. The summed E-state index contributed by atoms with van der Waals surface area (Å²) in [7, 11) is 0. The maximum Gasteiger partial charge on any atom is 0.130 e. The van der Waals surface area contributed by atoms with Gasteiger partial charge in [0.05, 0.1) is 12.6 Å². The van der Waals surface area contributed by atoms with Gasteiger partial charge in [0.25, 0.3) is 0 Å². The van der Waals surface area contributed by atoms with Crippen molar-refractivity contribution in [1.82, 2.24) is 4.98 Å². The molecule has 2 rings (SSSR count). The van der Waals surface area contributed by atoms with Gasteiger partial charge < -0.3 is 10.0 Å². The third-order valence-electron chi connectivity index (χ3n) is 2.58. The van der Waals surface area contributed by atoms with Crippen molar-refractivity contribution in [2.75, 3.05) is 18.1 Å². The molecule has 2 heterocycles. The molecule has 1 saturated heterocycles.